The number of hydrogen-bond donors (Lipinski definition) is 1. The van der Waals surface area contributed by atoms with Gasteiger partial charge in [-0.2, -0.15) is 0 Å². The van der Waals surface area contributed by atoms with E-state index in [1.54, 1.807) is 18.2 Å². The van der Waals surface area contributed by atoms with Crippen LogP contribution in [0.2, 0.25) is 0 Å². The molecule has 0 fully saturated rings. The molecular weight excluding hydrogens is 405 g/mol. The zero-order valence-corrected chi connectivity index (χ0v) is 19.0. The van der Waals surface area contributed by atoms with Gasteiger partial charge < -0.3 is 23.4 Å². The van der Waals surface area contributed by atoms with E-state index in [-0.39, 0.29) is 62.7 Å². The fourth-order valence-electron chi connectivity index (χ4n) is 1.14. The normalized spacial score (nSPS) is 11.6. The largest absolute Gasteiger partial charge is 1.00 e. The van der Waals surface area contributed by atoms with Gasteiger partial charge in [0.2, 0.25) is 0 Å². The van der Waals surface area contributed by atoms with E-state index < -0.39 is 24.3 Å². The summed E-state index contributed by atoms with van der Waals surface area (Å²) in [6.45, 7) is 1.08. The predicted octanol–water partition coefficient (Wildman–Crippen LogP) is -3.75. The van der Waals surface area contributed by atoms with Crippen LogP contribution in [0.25, 0.3) is 0 Å². The summed E-state index contributed by atoms with van der Waals surface area (Å²) < 4.78 is 61.0. The van der Waals surface area contributed by atoms with Gasteiger partial charge in [-0.15, -0.1) is 0 Å². The second-order valence-electron chi connectivity index (χ2n) is 5.48. The molecular formula is C12H18KNO9S2. The molecule has 0 aliphatic heterocycles. The molecule has 25 heavy (non-hydrogen) atoms. The zero-order valence-electron chi connectivity index (χ0n) is 14.2. The molecule has 0 spiro atoms. The van der Waals surface area contributed by atoms with Crippen molar-refractivity contribution in [3.63, 3.8) is 0 Å². The van der Waals surface area contributed by atoms with Crippen molar-refractivity contribution < 1.29 is 96.4 Å². The fourth-order valence-corrected chi connectivity index (χ4v) is 1.14. The second-order valence-corrected chi connectivity index (χ2v) is 9.57. The van der Waals surface area contributed by atoms with Gasteiger partial charge in [-0.25, -0.2) is 21.6 Å². The molecule has 0 aliphatic rings. The van der Waals surface area contributed by atoms with Gasteiger partial charge in [0.1, 0.15) is 24.5 Å². The number of carbonyl (C=O) groups excluding carboxylic acids is 1. The van der Waals surface area contributed by atoms with Gasteiger partial charge in [-0.1, -0.05) is 12.1 Å². The Morgan fingerprint density at radius 3 is 1.88 bits per heavy atom. The average Bonchev–Trinajstić information content (AvgIpc) is 2.35. The second kappa shape index (κ2) is 10.9. The minimum Gasteiger partial charge on any atom is -0.736 e. The summed E-state index contributed by atoms with van der Waals surface area (Å²) in [5.74, 6) is -0.524. The number of benzene rings is 1. The third kappa shape index (κ3) is 12.0. The standard InChI is InChI=1S/C12H17NO3.K.H2O6S2/c1-13(2,3)8-9-16-12(15)10-6-4-5-7-11(10)14;;1-7(2,3)8(4,5)6/h4-7H,8-9H2,1-3H3;;(H,1,2,3)(H,4,5,6)/q;+1;/p-1. The van der Waals surface area contributed by atoms with Crippen molar-refractivity contribution in [1.82, 2.24) is 0 Å². The maximum Gasteiger partial charge on any atom is 1.00 e. The number of rotatable bonds is 5. The number of nitrogens with zero attached hydrogens (tertiary/aromatic N) is 1. The Balaban J connectivity index is 0. The first kappa shape index (κ1) is 27.1. The molecule has 0 heterocycles. The van der Waals surface area contributed by atoms with Gasteiger partial charge >= 0.3 is 57.4 Å². The molecule has 1 aromatic rings. The first-order valence-corrected chi connectivity index (χ1v) is 9.66. The van der Waals surface area contributed by atoms with Crippen LogP contribution in [0, 0.1) is 0 Å². The molecule has 1 aromatic carbocycles. The van der Waals surface area contributed by atoms with Crippen molar-refractivity contribution >= 4 is 24.3 Å². The van der Waals surface area contributed by atoms with Gasteiger partial charge in [0.15, 0.2) is 18.3 Å². The summed E-state index contributed by atoms with van der Waals surface area (Å²) in [5.41, 5.74) is 0.212. The summed E-state index contributed by atoms with van der Waals surface area (Å²) in [7, 11) is -5.28. The Morgan fingerprint density at radius 1 is 1.08 bits per heavy atom. The third-order valence-corrected chi connectivity index (χ3v) is 4.37. The van der Waals surface area contributed by atoms with Crippen molar-refractivity contribution in [2.45, 2.75) is 0 Å². The molecule has 138 valence electrons. The van der Waals surface area contributed by atoms with E-state index >= 15 is 0 Å². The Labute approximate surface area is 188 Å². The van der Waals surface area contributed by atoms with Gasteiger partial charge in [-0.3, -0.25) is 0 Å². The summed E-state index contributed by atoms with van der Waals surface area (Å²) in [4.78, 5) is 11.6. The Hall–Kier alpha value is -0.0936. The predicted molar refractivity (Wildman–Crippen MR) is 80.7 cm³/mol. The van der Waals surface area contributed by atoms with Crippen molar-refractivity contribution in [2.75, 3.05) is 34.3 Å². The van der Waals surface area contributed by atoms with Crippen molar-refractivity contribution in [1.29, 1.82) is 0 Å². The summed E-state index contributed by atoms with van der Waals surface area (Å²) in [6.07, 6.45) is 0. The summed E-state index contributed by atoms with van der Waals surface area (Å²) in [6, 6.07) is 6.37. The molecule has 13 heteroatoms. The van der Waals surface area contributed by atoms with Crippen LogP contribution in [0.1, 0.15) is 10.4 Å². The van der Waals surface area contributed by atoms with Crippen molar-refractivity contribution in [2.24, 2.45) is 0 Å². The van der Waals surface area contributed by atoms with E-state index in [0.29, 0.717) is 6.61 Å². The molecule has 1 N–H and O–H groups in total. The number of aromatic hydroxyl groups is 1. The number of ether oxygens (including phenoxy) is 1. The van der Waals surface area contributed by atoms with Crippen LogP contribution in [-0.4, -0.2) is 75.8 Å². The minimum absolute atomic E-state index is 0. The van der Waals surface area contributed by atoms with Crippen LogP contribution >= 0.6 is 0 Å². The summed E-state index contributed by atoms with van der Waals surface area (Å²) >= 11 is 0. The molecule has 0 unspecified atom stereocenters. The topological polar surface area (TPSA) is 161 Å². The van der Waals surface area contributed by atoms with E-state index in [1.807, 2.05) is 21.1 Å². The van der Waals surface area contributed by atoms with E-state index in [9.17, 15) is 35.8 Å². The quantitative estimate of drug-likeness (QED) is 0.165. The Bertz CT molecular complexity index is 740. The van der Waals surface area contributed by atoms with Crippen LogP contribution in [0.5, 0.6) is 5.75 Å². The van der Waals surface area contributed by atoms with Crippen LogP contribution in [0.15, 0.2) is 24.3 Å². The van der Waals surface area contributed by atoms with E-state index in [2.05, 4.69) is 0 Å². The Kier molecular flexibility index (Phi) is 11.8. The minimum atomic E-state index is -5.67. The molecule has 0 radical (unpaired) electrons. The van der Waals surface area contributed by atoms with E-state index in [0.717, 1.165) is 11.0 Å². The van der Waals surface area contributed by atoms with Crippen molar-refractivity contribution in [3.8, 4) is 5.75 Å². The number of carbonyl (C=O) groups is 1. The molecule has 0 aliphatic carbocycles. The first-order valence-electron chi connectivity index (χ1n) is 6.32. The molecule has 1 rings (SSSR count). The maximum absolute atomic E-state index is 11.6. The molecule has 0 aromatic heterocycles. The monoisotopic (exact) mass is 423 g/mol. The number of para-hydroxylation sites is 1. The number of phenolic OH excluding ortho intramolecular Hbond substituents is 1. The zero-order chi connectivity index (χ0) is 19.2. The number of phenols is 1. The molecule has 0 saturated carbocycles. The first-order chi connectivity index (χ1) is 10.6. The van der Waals surface area contributed by atoms with Crippen LogP contribution < -0.4 is 51.4 Å². The van der Waals surface area contributed by atoms with Crippen molar-refractivity contribution in [3.05, 3.63) is 29.8 Å². The molecule has 0 atom stereocenters. The van der Waals surface area contributed by atoms with Gasteiger partial charge in [0.05, 0.1) is 21.1 Å². The van der Waals surface area contributed by atoms with Gasteiger partial charge in [0, 0.05) is 0 Å². The number of quaternary nitrogens is 1. The fraction of sp³-hybridized carbons (Fsp3) is 0.417. The third-order valence-electron chi connectivity index (χ3n) is 2.37. The summed E-state index contributed by atoms with van der Waals surface area (Å²) in [5, 5.41) is 9.44. The van der Waals surface area contributed by atoms with E-state index in [1.165, 1.54) is 6.07 Å². The Morgan fingerprint density at radius 2 is 1.52 bits per heavy atom. The van der Waals surface area contributed by atoms with Crippen LogP contribution in [0.3, 0.4) is 0 Å². The average molecular weight is 424 g/mol. The number of hydrogen-bond acceptors (Lipinski definition) is 9. The molecule has 0 bridgehead atoms. The van der Waals surface area contributed by atoms with Crippen LogP contribution in [0.4, 0.5) is 0 Å². The molecule has 0 amide bonds. The smallest absolute Gasteiger partial charge is 0.736 e. The molecule has 0 saturated heterocycles. The number of likely N-dealkylation sites (N-methyl/N-ethyl adjacent to an activating group) is 1. The van der Waals surface area contributed by atoms with Crippen LogP contribution in [-0.2, 0) is 23.0 Å². The number of esters is 1. The molecule has 10 nitrogen and oxygen atoms in total. The maximum atomic E-state index is 11.6. The van der Waals surface area contributed by atoms with E-state index in [4.69, 9.17) is 4.74 Å². The van der Waals surface area contributed by atoms with Gasteiger partial charge in [-0.05, 0) is 12.1 Å². The SMILES string of the molecule is C[N+](C)(C)CCOC(=O)c1ccccc1O.O=S(=O)([O-])S(=O)(=O)[O-].[K+]. The van der Waals surface area contributed by atoms with Gasteiger partial charge in [0.25, 0.3) is 0 Å².